The first kappa shape index (κ1) is 25.7. The number of hydrogen-bond acceptors (Lipinski definition) is 7. The molecule has 1 aliphatic rings. The zero-order valence-electron chi connectivity index (χ0n) is 18.6. The molecule has 9 heteroatoms. The lowest BCUT2D eigenvalue weighted by Gasteiger charge is -2.46. The van der Waals surface area contributed by atoms with Crippen LogP contribution < -0.4 is 10.6 Å². The molecule has 2 N–H and O–H groups in total. The lowest BCUT2D eigenvalue weighted by molar-refractivity contribution is -0.138. The van der Waals surface area contributed by atoms with Gasteiger partial charge in [0.15, 0.2) is 0 Å². The van der Waals surface area contributed by atoms with Crippen molar-refractivity contribution in [2.45, 2.75) is 64.5 Å². The van der Waals surface area contributed by atoms with Gasteiger partial charge in [0, 0.05) is 43.7 Å². The summed E-state index contributed by atoms with van der Waals surface area (Å²) in [6.07, 6.45) is 3.50. The van der Waals surface area contributed by atoms with Crippen molar-refractivity contribution in [2.75, 3.05) is 33.5 Å². The number of esters is 1. The highest BCUT2D eigenvalue weighted by molar-refractivity contribution is 5.81. The average molecular weight is 429 g/mol. The molecule has 1 rings (SSSR count). The molecule has 0 aromatic rings. The summed E-state index contributed by atoms with van der Waals surface area (Å²) in [7, 11) is 1.33. The van der Waals surface area contributed by atoms with Gasteiger partial charge in [-0.05, 0) is 31.6 Å². The summed E-state index contributed by atoms with van der Waals surface area (Å²) in [4.78, 5) is 34.7. The van der Waals surface area contributed by atoms with Crippen LogP contribution in [-0.4, -0.2) is 63.3 Å². The van der Waals surface area contributed by atoms with Crippen molar-refractivity contribution in [3.05, 3.63) is 12.7 Å². The van der Waals surface area contributed by atoms with Gasteiger partial charge in [0.25, 0.3) is 0 Å². The van der Waals surface area contributed by atoms with Gasteiger partial charge in [-0.3, -0.25) is 0 Å². The topological polar surface area (TPSA) is 112 Å². The van der Waals surface area contributed by atoms with E-state index in [1.54, 1.807) is 0 Å². The van der Waals surface area contributed by atoms with Crippen molar-refractivity contribution in [1.82, 2.24) is 10.6 Å². The average Bonchev–Trinajstić information content (AvgIpc) is 2.64. The molecule has 172 valence electrons. The Morgan fingerprint density at radius 2 is 1.63 bits per heavy atom. The van der Waals surface area contributed by atoms with Gasteiger partial charge in [0.2, 0.25) is 0 Å². The maximum Gasteiger partial charge on any atom is 0.407 e. The lowest BCUT2D eigenvalue weighted by Crippen LogP contribution is -2.57. The van der Waals surface area contributed by atoms with Crippen LogP contribution in [-0.2, 0) is 23.7 Å². The van der Waals surface area contributed by atoms with Gasteiger partial charge in [-0.15, -0.1) is 0 Å². The van der Waals surface area contributed by atoms with Gasteiger partial charge in [-0.25, -0.2) is 14.4 Å². The van der Waals surface area contributed by atoms with Crippen LogP contribution in [0, 0.1) is 5.41 Å². The third-order valence-corrected chi connectivity index (χ3v) is 4.79. The zero-order valence-corrected chi connectivity index (χ0v) is 18.6. The molecule has 0 heterocycles. The minimum Gasteiger partial charge on any atom is -0.462 e. The molecule has 9 nitrogen and oxygen atoms in total. The molecule has 2 amide bonds. The number of rotatable bonds is 11. The minimum absolute atomic E-state index is 0.0557. The molecular formula is C21H36N2O7. The highest BCUT2D eigenvalue weighted by Crippen LogP contribution is 2.41. The van der Waals surface area contributed by atoms with Crippen molar-refractivity contribution in [1.29, 1.82) is 0 Å². The van der Waals surface area contributed by atoms with E-state index in [0.29, 0.717) is 32.5 Å². The van der Waals surface area contributed by atoms with E-state index in [1.165, 1.54) is 7.11 Å². The largest absolute Gasteiger partial charge is 0.462 e. The highest BCUT2D eigenvalue weighted by atomic mass is 16.6. The molecular weight excluding hydrogens is 392 g/mol. The molecule has 2 atom stereocenters. The number of hydrogen-bond donors (Lipinski definition) is 2. The molecule has 2 unspecified atom stereocenters. The van der Waals surface area contributed by atoms with E-state index in [4.69, 9.17) is 18.9 Å². The molecule has 0 aliphatic heterocycles. The van der Waals surface area contributed by atoms with Crippen LogP contribution in [0.25, 0.3) is 0 Å². The van der Waals surface area contributed by atoms with Crippen LogP contribution >= 0.6 is 0 Å². The van der Waals surface area contributed by atoms with E-state index in [0.717, 1.165) is 18.9 Å². The van der Waals surface area contributed by atoms with Gasteiger partial charge < -0.3 is 29.6 Å². The van der Waals surface area contributed by atoms with Crippen LogP contribution in [0.15, 0.2) is 12.7 Å². The fourth-order valence-corrected chi connectivity index (χ4v) is 4.01. The van der Waals surface area contributed by atoms with Crippen molar-refractivity contribution >= 4 is 18.2 Å². The summed E-state index contributed by atoms with van der Waals surface area (Å²) in [5, 5.41) is 5.80. The van der Waals surface area contributed by atoms with Gasteiger partial charge in [0.05, 0.1) is 20.3 Å². The summed E-state index contributed by atoms with van der Waals surface area (Å²) in [6.45, 7) is 10.9. The Morgan fingerprint density at radius 1 is 1.00 bits per heavy atom. The number of carbonyl (C=O) groups excluding carboxylic acids is 3. The number of amides is 2. The number of alkyl carbamates (subject to hydrolysis) is 2. The number of carbonyl (C=O) groups is 3. The van der Waals surface area contributed by atoms with Gasteiger partial charge >= 0.3 is 18.2 Å². The summed E-state index contributed by atoms with van der Waals surface area (Å²) in [5.74, 6) is -0.447. The van der Waals surface area contributed by atoms with Gasteiger partial charge in [-0.2, -0.15) is 0 Å². The molecule has 0 spiro atoms. The number of nitrogens with one attached hydrogen (secondary N) is 2. The highest BCUT2D eigenvalue weighted by Gasteiger charge is 2.43. The molecule has 0 bridgehead atoms. The summed E-state index contributed by atoms with van der Waals surface area (Å²) in [6, 6.07) is -0.113. The van der Waals surface area contributed by atoms with Crippen LogP contribution in [0.1, 0.15) is 52.9 Å². The van der Waals surface area contributed by atoms with E-state index in [2.05, 4.69) is 31.1 Å². The summed E-state index contributed by atoms with van der Waals surface area (Å²) >= 11 is 0. The standard InChI is InChI=1S/C21H36N2O7/c1-6-17(24)29-11-7-9-28-10-8-12-30-18(25)22-16-13-20(2,3)15-21(4,14-16)23-19(26)27-5/h6,16H,1,7-15H2,2-5H3,(H,22,25)(H,23,26). The zero-order chi connectivity index (χ0) is 22.6. The van der Waals surface area contributed by atoms with Crippen LogP contribution in [0.4, 0.5) is 9.59 Å². The second-order valence-electron chi connectivity index (χ2n) is 8.59. The van der Waals surface area contributed by atoms with Crippen LogP contribution in [0.5, 0.6) is 0 Å². The second kappa shape index (κ2) is 12.4. The Morgan fingerprint density at radius 3 is 2.23 bits per heavy atom. The van der Waals surface area contributed by atoms with Gasteiger partial charge in [-0.1, -0.05) is 20.4 Å². The third kappa shape index (κ3) is 10.5. The van der Waals surface area contributed by atoms with E-state index in [9.17, 15) is 14.4 Å². The van der Waals surface area contributed by atoms with E-state index < -0.39 is 23.7 Å². The molecule has 0 aromatic carbocycles. The Bertz CT molecular complexity index is 594. The van der Waals surface area contributed by atoms with Crippen molar-refractivity contribution in [3.8, 4) is 0 Å². The molecule has 0 aromatic heterocycles. The molecule has 1 saturated carbocycles. The predicted molar refractivity (Wildman–Crippen MR) is 111 cm³/mol. The third-order valence-electron chi connectivity index (χ3n) is 4.79. The Hall–Kier alpha value is -2.29. The Balaban J connectivity index is 2.24. The molecule has 0 saturated heterocycles. The normalized spacial score (nSPS) is 22.5. The summed E-state index contributed by atoms with van der Waals surface area (Å²) < 4.78 is 20.2. The quantitative estimate of drug-likeness (QED) is 0.225. The first-order valence-corrected chi connectivity index (χ1v) is 10.3. The Labute approximate surface area is 178 Å². The van der Waals surface area contributed by atoms with Crippen molar-refractivity contribution in [3.63, 3.8) is 0 Å². The maximum absolute atomic E-state index is 12.1. The van der Waals surface area contributed by atoms with E-state index in [-0.39, 0.29) is 24.7 Å². The summed E-state index contributed by atoms with van der Waals surface area (Å²) in [5.41, 5.74) is -0.527. The number of methoxy groups -OCH3 is 1. The van der Waals surface area contributed by atoms with E-state index in [1.807, 2.05) is 6.92 Å². The molecule has 0 radical (unpaired) electrons. The predicted octanol–water partition coefficient (Wildman–Crippen LogP) is 2.93. The fourth-order valence-electron chi connectivity index (χ4n) is 4.01. The molecule has 1 aliphatic carbocycles. The first-order valence-electron chi connectivity index (χ1n) is 10.3. The molecule has 30 heavy (non-hydrogen) atoms. The van der Waals surface area contributed by atoms with Crippen LogP contribution in [0.3, 0.4) is 0 Å². The SMILES string of the molecule is C=CC(=O)OCCCOCCCOC(=O)NC1CC(C)(C)CC(C)(NC(=O)OC)C1. The van der Waals surface area contributed by atoms with Crippen LogP contribution in [0.2, 0.25) is 0 Å². The van der Waals surface area contributed by atoms with E-state index >= 15 is 0 Å². The van der Waals surface area contributed by atoms with Gasteiger partial charge in [0.1, 0.15) is 0 Å². The lowest BCUT2D eigenvalue weighted by atomic mass is 9.67. The maximum atomic E-state index is 12.1. The Kier molecular flexibility index (Phi) is 10.7. The minimum atomic E-state index is -0.477. The molecule has 1 fully saturated rings. The smallest absolute Gasteiger partial charge is 0.407 e. The first-order chi connectivity index (χ1) is 14.1. The van der Waals surface area contributed by atoms with Crippen molar-refractivity contribution in [2.24, 2.45) is 5.41 Å². The second-order valence-corrected chi connectivity index (χ2v) is 8.59. The number of ether oxygens (including phenoxy) is 4. The monoisotopic (exact) mass is 428 g/mol. The van der Waals surface area contributed by atoms with Crippen molar-refractivity contribution < 1.29 is 33.3 Å². The fraction of sp³-hybridized carbons (Fsp3) is 0.762.